The van der Waals surface area contributed by atoms with Crippen molar-refractivity contribution in [3.05, 3.63) is 0 Å². The van der Waals surface area contributed by atoms with Crippen LogP contribution in [0.25, 0.3) is 0 Å². The molecule has 0 spiro atoms. The molecule has 1 aliphatic rings. The molecule has 1 rings (SSSR count). The molecule has 0 aliphatic heterocycles. The van der Waals surface area contributed by atoms with E-state index in [1.807, 2.05) is 0 Å². The number of carbonyl (C=O) groups is 1. The molecule has 1 saturated carbocycles. The van der Waals surface area contributed by atoms with Crippen LogP contribution in [0.4, 0.5) is 0 Å². The zero-order valence-corrected chi connectivity index (χ0v) is 11.2. The van der Waals surface area contributed by atoms with Crippen molar-refractivity contribution in [1.29, 1.82) is 0 Å². The van der Waals surface area contributed by atoms with E-state index in [0.29, 0.717) is 13.2 Å². The largest absolute Gasteiger partial charge is 0.383 e. The first-order valence-electron chi connectivity index (χ1n) is 6.73. The monoisotopic (exact) mass is 242 g/mol. The van der Waals surface area contributed by atoms with Crippen molar-refractivity contribution in [2.45, 2.75) is 39.0 Å². The molecule has 2 N–H and O–H groups in total. The van der Waals surface area contributed by atoms with E-state index in [1.165, 1.54) is 12.8 Å². The molecule has 4 heteroatoms. The molecule has 0 heterocycles. The Morgan fingerprint density at radius 1 is 1.24 bits per heavy atom. The van der Waals surface area contributed by atoms with Gasteiger partial charge in [-0.3, -0.25) is 4.79 Å². The average molecular weight is 242 g/mol. The second-order valence-electron chi connectivity index (χ2n) is 4.84. The number of ether oxygens (including phenoxy) is 1. The third-order valence-electron chi connectivity index (χ3n) is 3.79. The van der Waals surface area contributed by atoms with Crippen molar-refractivity contribution in [1.82, 2.24) is 10.6 Å². The Bertz CT molecular complexity index is 225. The third-order valence-corrected chi connectivity index (χ3v) is 3.79. The Kier molecular flexibility index (Phi) is 6.52. The van der Waals surface area contributed by atoms with Gasteiger partial charge in [-0.05, 0) is 19.3 Å². The minimum atomic E-state index is -0.0630. The molecule has 1 amide bonds. The van der Waals surface area contributed by atoms with Gasteiger partial charge in [0, 0.05) is 32.2 Å². The fraction of sp³-hybridized carbons (Fsp3) is 0.923. The highest BCUT2D eigenvalue weighted by molar-refractivity contribution is 5.82. The van der Waals surface area contributed by atoms with Gasteiger partial charge in [0.1, 0.15) is 0 Å². The summed E-state index contributed by atoms with van der Waals surface area (Å²) < 4.78 is 4.93. The summed E-state index contributed by atoms with van der Waals surface area (Å²) in [5.41, 5.74) is -0.0630. The average Bonchev–Trinajstić information content (AvgIpc) is 2.83. The number of hydrogen-bond acceptors (Lipinski definition) is 3. The van der Waals surface area contributed by atoms with E-state index >= 15 is 0 Å². The summed E-state index contributed by atoms with van der Waals surface area (Å²) in [4.78, 5) is 12.1. The summed E-state index contributed by atoms with van der Waals surface area (Å²) in [5, 5.41) is 6.27. The van der Waals surface area contributed by atoms with E-state index in [2.05, 4.69) is 17.6 Å². The fourth-order valence-corrected chi connectivity index (χ4v) is 2.54. The quantitative estimate of drug-likeness (QED) is 0.631. The molecule has 17 heavy (non-hydrogen) atoms. The van der Waals surface area contributed by atoms with E-state index in [0.717, 1.165) is 32.4 Å². The molecular weight excluding hydrogens is 216 g/mol. The van der Waals surface area contributed by atoms with E-state index in [-0.39, 0.29) is 11.3 Å². The highest BCUT2D eigenvalue weighted by atomic mass is 16.5. The number of rotatable bonds is 8. The predicted molar refractivity (Wildman–Crippen MR) is 68.9 cm³/mol. The summed E-state index contributed by atoms with van der Waals surface area (Å²) in [6.07, 6.45) is 5.50. The molecule has 100 valence electrons. The van der Waals surface area contributed by atoms with Crippen LogP contribution in [0.2, 0.25) is 0 Å². The normalized spacial score (nSPS) is 18.2. The zero-order valence-electron chi connectivity index (χ0n) is 11.2. The minimum Gasteiger partial charge on any atom is -0.383 e. The Morgan fingerprint density at radius 3 is 2.53 bits per heavy atom. The molecule has 0 aromatic carbocycles. The highest BCUT2D eigenvalue weighted by Gasteiger charge is 2.38. The maximum atomic E-state index is 12.1. The molecule has 1 aliphatic carbocycles. The van der Waals surface area contributed by atoms with E-state index in [1.54, 1.807) is 7.11 Å². The molecule has 0 atom stereocenters. The Hall–Kier alpha value is -0.610. The third kappa shape index (κ3) is 4.28. The van der Waals surface area contributed by atoms with Gasteiger partial charge in [-0.2, -0.15) is 0 Å². The molecule has 0 aromatic heterocycles. The SMILES string of the molecule is CCC1(C(=O)NCCNCCOC)CCCC1. The number of amides is 1. The zero-order chi connectivity index (χ0) is 12.6. The first-order valence-corrected chi connectivity index (χ1v) is 6.73. The molecule has 4 nitrogen and oxygen atoms in total. The summed E-state index contributed by atoms with van der Waals surface area (Å²) in [6, 6.07) is 0. The molecule has 0 radical (unpaired) electrons. The molecule has 0 saturated heterocycles. The molecular formula is C13H26N2O2. The maximum Gasteiger partial charge on any atom is 0.226 e. The number of hydrogen-bond donors (Lipinski definition) is 2. The summed E-state index contributed by atoms with van der Waals surface area (Å²) >= 11 is 0. The highest BCUT2D eigenvalue weighted by Crippen LogP contribution is 2.40. The fourth-order valence-electron chi connectivity index (χ4n) is 2.54. The lowest BCUT2D eigenvalue weighted by atomic mass is 9.82. The molecule has 0 bridgehead atoms. The van der Waals surface area contributed by atoms with E-state index in [4.69, 9.17) is 4.74 Å². The van der Waals surface area contributed by atoms with Gasteiger partial charge in [-0.1, -0.05) is 19.8 Å². The first kappa shape index (κ1) is 14.5. The summed E-state index contributed by atoms with van der Waals surface area (Å²) in [6.45, 7) is 5.21. The minimum absolute atomic E-state index is 0.0630. The van der Waals surface area contributed by atoms with Crippen molar-refractivity contribution >= 4 is 5.91 Å². The van der Waals surface area contributed by atoms with Crippen LogP contribution in [0.5, 0.6) is 0 Å². The summed E-state index contributed by atoms with van der Waals surface area (Å²) in [5.74, 6) is 0.256. The van der Waals surface area contributed by atoms with Gasteiger partial charge < -0.3 is 15.4 Å². The van der Waals surface area contributed by atoms with Crippen molar-refractivity contribution in [2.24, 2.45) is 5.41 Å². The van der Waals surface area contributed by atoms with Crippen LogP contribution in [0, 0.1) is 5.41 Å². The van der Waals surface area contributed by atoms with Gasteiger partial charge in [0.25, 0.3) is 0 Å². The van der Waals surface area contributed by atoms with Crippen LogP contribution < -0.4 is 10.6 Å². The van der Waals surface area contributed by atoms with Crippen molar-refractivity contribution in [2.75, 3.05) is 33.4 Å². The second kappa shape index (κ2) is 7.67. The van der Waals surface area contributed by atoms with Crippen LogP contribution in [0.15, 0.2) is 0 Å². The summed E-state index contributed by atoms with van der Waals surface area (Å²) in [7, 11) is 1.69. The topological polar surface area (TPSA) is 50.4 Å². The lowest BCUT2D eigenvalue weighted by molar-refractivity contribution is -0.130. The van der Waals surface area contributed by atoms with Gasteiger partial charge in [0.15, 0.2) is 0 Å². The van der Waals surface area contributed by atoms with Gasteiger partial charge in [0.05, 0.1) is 6.61 Å². The van der Waals surface area contributed by atoms with Crippen LogP contribution in [0.3, 0.4) is 0 Å². The van der Waals surface area contributed by atoms with Crippen LogP contribution in [-0.4, -0.2) is 39.3 Å². The van der Waals surface area contributed by atoms with Crippen molar-refractivity contribution in [3.8, 4) is 0 Å². The van der Waals surface area contributed by atoms with E-state index in [9.17, 15) is 4.79 Å². The van der Waals surface area contributed by atoms with Crippen molar-refractivity contribution in [3.63, 3.8) is 0 Å². The van der Waals surface area contributed by atoms with Crippen LogP contribution in [0.1, 0.15) is 39.0 Å². The molecule has 0 unspecified atom stereocenters. The number of nitrogens with one attached hydrogen (secondary N) is 2. The Morgan fingerprint density at radius 2 is 1.94 bits per heavy atom. The van der Waals surface area contributed by atoms with E-state index < -0.39 is 0 Å². The lowest BCUT2D eigenvalue weighted by Gasteiger charge is -2.26. The van der Waals surface area contributed by atoms with Gasteiger partial charge >= 0.3 is 0 Å². The van der Waals surface area contributed by atoms with Crippen LogP contribution >= 0.6 is 0 Å². The van der Waals surface area contributed by atoms with Gasteiger partial charge in [0.2, 0.25) is 5.91 Å². The number of carbonyl (C=O) groups excluding carboxylic acids is 1. The molecule has 1 fully saturated rings. The Labute approximate surface area is 104 Å². The van der Waals surface area contributed by atoms with Crippen molar-refractivity contribution < 1.29 is 9.53 Å². The predicted octanol–water partition coefficient (Wildman–Crippen LogP) is 1.31. The molecule has 0 aromatic rings. The van der Waals surface area contributed by atoms with Crippen LogP contribution in [-0.2, 0) is 9.53 Å². The van der Waals surface area contributed by atoms with Gasteiger partial charge in [-0.15, -0.1) is 0 Å². The maximum absolute atomic E-state index is 12.1. The van der Waals surface area contributed by atoms with Gasteiger partial charge in [-0.25, -0.2) is 0 Å². The Balaban J connectivity index is 2.15. The first-order chi connectivity index (χ1) is 8.25. The standard InChI is InChI=1S/C13H26N2O2/c1-3-13(6-4-5-7-13)12(16)15-9-8-14-10-11-17-2/h14H,3-11H2,1-2H3,(H,15,16). The smallest absolute Gasteiger partial charge is 0.226 e. The second-order valence-corrected chi connectivity index (χ2v) is 4.84. The number of methoxy groups -OCH3 is 1. The lowest BCUT2D eigenvalue weighted by Crippen LogP contribution is -2.41.